The van der Waals surface area contributed by atoms with Crippen LogP contribution in [0.5, 0.6) is 5.75 Å². The van der Waals surface area contributed by atoms with Crippen molar-refractivity contribution in [1.29, 1.82) is 0 Å². The summed E-state index contributed by atoms with van der Waals surface area (Å²) in [6.07, 6.45) is 0. The second-order valence-electron chi connectivity index (χ2n) is 4.70. The molecule has 0 amide bonds. The van der Waals surface area contributed by atoms with E-state index in [0.717, 1.165) is 16.7 Å². The van der Waals surface area contributed by atoms with Gasteiger partial charge in [-0.2, -0.15) is 0 Å². The SMILES string of the molecule is CCOc1ccc(-c2cc3ccc(N)cc3oc2=O)cc1. The minimum absolute atomic E-state index is 0.378. The molecular formula is C17H15NO3. The van der Waals surface area contributed by atoms with Crippen molar-refractivity contribution < 1.29 is 9.15 Å². The van der Waals surface area contributed by atoms with Crippen LogP contribution in [0.4, 0.5) is 5.69 Å². The maximum Gasteiger partial charge on any atom is 0.344 e. The van der Waals surface area contributed by atoms with Gasteiger partial charge >= 0.3 is 5.63 Å². The monoisotopic (exact) mass is 281 g/mol. The summed E-state index contributed by atoms with van der Waals surface area (Å²) in [6.45, 7) is 2.54. The van der Waals surface area contributed by atoms with E-state index in [1.807, 2.05) is 43.3 Å². The Hall–Kier alpha value is -2.75. The van der Waals surface area contributed by atoms with Crippen molar-refractivity contribution in [2.24, 2.45) is 0 Å². The van der Waals surface area contributed by atoms with E-state index in [2.05, 4.69) is 0 Å². The minimum atomic E-state index is -0.378. The van der Waals surface area contributed by atoms with E-state index in [1.165, 1.54) is 0 Å². The van der Waals surface area contributed by atoms with Crippen LogP contribution in [0.25, 0.3) is 22.1 Å². The Kier molecular flexibility index (Phi) is 3.36. The molecule has 0 bridgehead atoms. The highest BCUT2D eigenvalue weighted by atomic mass is 16.5. The van der Waals surface area contributed by atoms with Crippen molar-refractivity contribution in [2.45, 2.75) is 6.92 Å². The second-order valence-corrected chi connectivity index (χ2v) is 4.70. The fourth-order valence-corrected chi connectivity index (χ4v) is 2.23. The van der Waals surface area contributed by atoms with Crippen molar-refractivity contribution in [1.82, 2.24) is 0 Å². The first-order valence-electron chi connectivity index (χ1n) is 6.74. The third-order valence-electron chi connectivity index (χ3n) is 3.24. The lowest BCUT2D eigenvalue weighted by atomic mass is 10.1. The van der Waals surface area contributed by atoms with Crippen LogP contribution in [0, 0.1) is 0 Å². The molecule has 3 aromatic rings. The zero-order valence-corrected chi connectivity index (χ0v) is 11.6. The van der Waals surface area contributed by atoms with Crippen LogP contribution in [-0.2, 0) is 0 Å². The molecule has 1 heterocycles. The third kappa shape index (κ3) is 2.60. The Bertz CT molecular complexity index is 835. The van der Waals surface area contributed by atoms with Gasteiger partial charge in [-0.1, -0.05) is 12.1 Å². The van der Waals surface area contributed by atoms with Crippen LogP contribution in [0.15, 0.2) is 57.7 Å². The van der Waals surface area contributed by atoms with Crippen molar-refractivity contribution in [2.75, 3.05) is 12.3 Å². The number of nitrogens with two attached hydrogens (primary N) is 1. The molecular weight excluding hydrogens is 266 g/mol. The lowest BCUT2D eigenvalue weighted by Gasteiger charge is -2.05. The van der Waals surface area contributed by atoms with E-state index in [1.54, 1.807) is 12.1 Å². The van der Waals surface area contributed by atoms with Gasteiger partial charge in [0, 0.05) is 17.1 Å². The fraction of sp³-hybridized carbons (Fsp3) is 0.118. The zero-order chi connectivity index (χ0) is 14.8. The quantitative estimate of drug-likeness (QED) is 0.590. The van der Waals surface area contributed by atoms with Gasteiger partial charge in [0.25, 0.3) is 0 Å². The second kappa shape index (κ2) is 5.32. The molecule has 4 heteroatoms. The normalized spacial score (nSPS) is 10.7. The largest absolute Gasteiger partial charge is 0.494 e. The molecule has 0 unspecified atom stereocenters. The highest BCUT2D eigenvalue weighted by Crippen LogP contribution is 2.24. The molecule has 4 nitrogen and oxygen atoms in total. The Balaban J connectivity index is 2.09. The molecule has 1 aromatic heterocycles. The van der Waals surface area contributed by atoms with Crippen molar-refractivity contribution in [3.8, 4) is 16.9 Å². The molecule has 2 aromatic carbocycles. The van der Waals surface area contributed by atoms with E-state index in [0.29, 0.717) is 23.4 Å². The van der Waals surface area contributed by atoms with Crippen LogP contribution in [0.1, 0.15) is 6.92 Å². The van der Waals surface area contributed by atoms with Crippen LogP contribution in [-0.4, -0.2) is 6.61 Å². The topological polar surface area (TPSA) is 65.5 Å². The van der Waals surface area contributed by atoms with Gasteiger partial charge in [-0.05, 0) is 42.8 Å². The van der Waals surface area contributed by atoms with E-state index in [4.69, 9.17) is 14.9 Å². The summed E-state index contributed by atoms with van der Waals surface area (Å²) in [5, 5.41) is 0.840. The molecule has 0 aliphatic heterocycles. The van der Waals surface area contributed by atoms with Gasteiger partial charge in [-0.3, -0.25) is 0 Å². The molecule has 0 saturated heterocycles. The predicted octanol–water partition coefficient (Wildman–Crippen LogP) is 3.44. The highest BCUT2D eigenvalue weighted by Gasteiger charge is 2.08. The summed E-state index contributed by atoms with van der Waals surface area (Å²) >= 11 is 0. The molecule has 106 valence electrons. The lowest BCUT2D eigenvalue weighted by molar-refractivity contribution is 0.340. The van der Waals surface area contributed by atoms with Gasteiger partial charge in [0.05, 0.1) is 12.2 Å². The van der Waals surface area contributed by atoms with Gasteiger partial charge in [0.1, 0.15) is 11.3 Å². The molecule has 0 radical (unpaired) electrons. The predicted molar refractivity (Wildman–Crippen MR) is 83.5 cm³/mol. The molecule has 0 aliphatic carbocycles. The van der Waals surface area contributed by atoms with E-state index in [9.17, 15) is 4.79 Å². The number of anilines is 1. The van der Waals surface area contributed by atoms with E-state index >= 15 is 0 Å². The molecule has 0 aliphatic rings. The maximum absolute atomic E-state index is 12.1. The molecule has 3 rings (SSSR count). The van der Waals surface area contributed by atoms with Crippen molar-refractivity contribution in [3.05, 3.63) is 59.0 Å². The first-order chi connectivity index (χ1) is 10.2. The van der Waals surface area contributed by atoms with E-state index < -0.39 is 0 Å². The Morgan fingerprint density at radius 1 is 1.10 bits per heavy atom. The maximum atomic E-state index is 12.1. The lowest BCUT2D eigenvalue weighted by Crippen LogP contribution is -2.03. The number of hydrogen-bond acceptors (Lipinski definition) is 4. The van der Waals surface area contributed by atoms with Gasteiger partial charge in [0.2, 0.25) is 0 Å². The van der Waals surface area contributed by atoms with E-state index in [-0.39, 0.29) is 5.63 Å². The minimum Gasteiger partial charge on any atom is -0.494 e. The van der Waals surface area contributed by atoms with Crippen LogP contribution >= 0.6 is 0 Å². The van der Waals surface area contributed by atoms with Gasteiger partial charge in [-0.15, -0.1) is 0 Å². The number of rotatable bonds is 3. The summed E-state index contributed by atoms with van der Waals surface area (Å²) < 4.78 is 10.7. The molecule has 21 heavy (non-hydrogen) atoms. The zero-order valence-electron chi connectivity index (χ0n) is 11.6. The summed E-state index contributed by atoms with van der Waals surface area (Å²) in [6, 6.07) is 14.5. The average Bonchev–Trinajstić information content (AvgIpc) is 2.48. The average molecular weight is 281 g/mol. The Labute approximate surface area is 121 Å². The summed E-state index contributed by atoms with van der Waals surface area (Å²) in [4.78, 5) is 12.1. The highest BCUT2D eigenvalue weighted by molar-refractivity contribution is 5.84. The smallest absolute Gasteiger partial charge is 0.344 e. The Morgan fingerprint density at radius 3 is 2.57 bits per heavy atom. The Morgan fingerprint density at radius 2 is 1.86 bits per heavy atom. The van der Waals surface area contributed by atoms with Gasteiger partial charge < -0.3 is 14.9 Å². The van der Waals surface area contributed by atoms with Gasteiger partial charge in [0.15, 0.2) is 0 Å². The number of hydrogen-bond donors (Lipinski definition) is 1. The molecule has 0 saturated carbocycles. The van der Waals surface area contributed by atoms with Crippen molar-refractivity contribution >= 4 is 16.7 Å². The summed E-state index contributed by atoms with van der Waals surface area (Å²) in [7, 11) is 0. The number of fused-ring (bicyclic) bond motifs is 1. The molecule has 2 N–H and O–H groups in total. The summed E-state index contributed by atoms with van der Waals surface area (Å²) in [5.74, 6) is 0.777. The first kappa shape index (κ1) is 13.2. The third-order valence-corrected chi connectivity index (χ3v) is 3.24. The van der Waals surface area contributed by atoms with Crippen LogP contribution in [0.2, 0.25) is 0 Å². The molecule has 0 fully saturated rings. The fourth-order valence-electron chi connectivity index (χ4n) is 2.23. The number of benzene rings is 2. The van der Waals surface area contributed by atoms with Crippen LogP contribution < -0.4 is 16.1 Å². The summed E-state index contributed by atoms with van der Waals surface area (Å²) in [5.41, 5.74) is 7.70. The standard InChI is InChI=1S/C17H15NO3/c1-2-20-14-7-4-11(5-8-14)15-9-12-3-6-13(18)10-16(12)21-17(15)19/h3-10H,2,18H2,1H3. The molecule has 0 spiro atoms. The van der Waals surface area contributed by atoms with Gasteiger partial charge in [-0.25, -0.2) is 4.79 Å². The first-order valence-corrected chi connectivity index (χ1v) is 6.74. The van der Waals surface area contributed by atoms with Crippen molar-refractivity contribution in [3.63, 3.8) is 0 Å². The van der Waals surface area contributed by atoms with Crippen LogP contribution in [0.3, 0.4) is 0 Å². The molecule has 0 atom stereocenters. The number of nitrogen functional groups attached to an aromatic ring is 1. The number of ether oxygens (including phenoxy) is 1.